The molecule has 1 aromatic rings. The molecule has 2 unspecified atom stereocenters. The Morgan fingerprint density at radius 2 is 2.06 bits per heavy atom. The molecule has 0 aliphatic carbocycles. The molecule has 2 atom stereocenters. The van der Waals surface area contributed by atoms with Crippen LogP contribution in [0.1, 0.15) is 19.4 Å². The summed E-state index contributed by atoms with van der Waals surface area (Å²) in [6.45, 7) is 7.53. The second-order valence-corrected chi connectivity index (χ2v) is 5.07. The smallest absolute Gasteiger partial charge is 0.123 e. The van der Waals surface area contributed by atoms with E-state index in [1.54, 1.807) is 12.1 Å². The van der Waals surface area contributed by atoms with Crippen LogP contribution in [-0.2, 0) is 0 Å². The van der Waals surface area contributed by atoms with Gasteiger partial charge in [0, 0.05) is 31.7 Å². The molecule has 2 nitrogen and oxygen atoms in total. The molecule has 2 rings (SSSR count). The molecule has 18 heavy (non-hydrogen) atoms. The van der Waals surface area contributed by atoms with Gasteiger partial charge in [-0.3, -0.25) is 4.90 Å². The van der Waals surface area contributed by atoms with Gasteiger partial charge in [-0.2, -0.15) is 0 Å². The molecule has 0 amide bonds. The fourth-order valence-corrected chi connectivity index (χ4v) is 2.25. The highest BCUT2D eigenvalue weighted by molar-refractivity contribution is 5.48. The Kier molecular flexibility index (Phi) is 4.50. The van der Waals surface area contributed by atoms with E-state index in [9.17, 15) is 4.39 Å². The van der Waals surface area contributed by atoms with E-state index in [1.165, 1.54) is 12.1 Å². The molecule has 0 spiro atoms. The first-order chi connectivity index (χ1) is 8.65. The number of hydrogen-bond donors (Lipinski definition) is 1. The molecule has 0 radical (unpaired) electrons. The van der Waals surface area contributed by atoms with Crippen LogP contribution >= 0.6 is 0 Å². The van der Waals surface area contributed by atoms with Crippen LogP contribution in [-0.4, -0.2) is 36.6 Å². The van der Waals surface area contributed by atoms with Crippen LogP contribution in [0.4, 0.5) is 4.39 Å². The lowest BCUT2D eigenvalue weighted by molar-refractivity contribution is 0.163. The third-order valence-electron chi connectivity index (χ3n) is 3.41. The number of benzene rings is 1. The molecule has 3 heteroatoms. The minimum atomic E-state index is -0.184. The van der Waals surface area contributed by atoms with Gasteiger partial charge < -0.3 is 5.32 Å². The second-order valence-electron chi connectivity index (χ2n) is 5.07. The predicted octanol–water partition coefficient (Wildman–Crippen LogP) is 2.52. The van der Waals surface area contributed by atoms with Gasteiger partial charge in [0.15, 0.2) is 0 Å². The topological polar surface area (TPSA) is 15.3 Å². The molecule has 0 saturated carbocycles. The van der Waals surface area contributed by atoms with Crippen molar-refractivity contribution in [2.24, 2.45) is 0 Å². The van der Waals surface area contributed by atoms with Crippen LogP contribution < -0.4 is 5.32 Å². The van der Waals surface area contributed by atoms with Crippen molar-refractivity contribution in [3.05, 3.63) is 41.7 Å². The van der Waals surface area contributed by atoms with E-state index in [-0.39, 0.29) is 5.82 Å². The lowest BCUT2D eigenvalue weighted by Crippen LogP contribution is -2.54. The van der Waals surface area contributed by atoms with E-state index < -0.39 is 0 Å². The standard InChI is InChI=1S/C15H21FN2/c1-12-11-18(13(2)10-17-12)9-3-4-14-5-7-15(16)8-6-14/h3-8,12-13,17H,9-11H2,1-2H3/b4-3+. The van der Waals surface area contributed by atoms with E-state index >= 15 is 0 Å². The summed E-state index contributed by atoms with van der Waals surface area (Å²) >= 11 is 0. The highest BCUT2D eigenvalue weighted by Crippen LogP contribution is 2.08. The number of nitrogens with one attached hydrogen (secondary N) is 1. The van der Waals surface area contributed by atoms with Crippen LogP contribution in [0.15, 0.2) is 30.3 Å². The number of hydrogen-bond acceptors (Lipinski definition) is 2. The van der Waals surface area contributed by atoms with Crippen LogP contribution in [0.5, 0.6) is 0 Å². The fourth-order valence-electron chi connectivity index (χ4n) is 2.25. The quantitative estimate of drug-likeness (QED) is 0.884. The van der Waals surface area contributed by atoms with Gasteiger partial charge in [-0.05, 0) is 31.5 Å². The van der Waals surface area contributed by atoms with Crippen molar-refractivity contribution < 1.29 is 4.39 Å². The van der Waals surface area contributed by atoms with Gasteiger partial charge in [-0.15, -0.1) is 0 Å². The summed E-state index contributed by atoms with van der Waals surface area (Å²) in [6, 6.07) is 7.72. The maximum atomic E-state index is 12.8. The molecule has 1 aliphatic rings. The zero-order valence-corrected chi connectivity index (χ0v) is 11.1. The fraction of sp³-hybridized carbons (Fsp3) is 0.467. The van der Waals surface area contributed by atoms with Crippen LogP contribution in [0.25, 0.3) is 6.08 Å². The van der Waals surface area contributed by atoms with Crippen LogP contribution in [0.3, 0.4) is 0 Å². The molecular weight excluding hydrogens is 227 g/mol. The SMILES string of the molecule is CC1CN(C/C=C/c2ccc(F)cc2)C(C)CN1. The van der Waals surface area contributed by atoms with Crippen molar-refractivity contribution in [3.8, 4) is 0 Å². The Morgan fingerprint density at radius 3 is 2.78 bits per heavy atom. The highest BCUT2D eigenvalue weighted by Gasteiger charge is 2.20. The average molecular weight is 248 g/mol. The maximum Gasteiger partial charge on any atom is 0.123 e. The molecule has 1 aliphatic heterocycles. The molecule has 1 N–H and O–H groups in total. The van der Waals surface area contributed by atoms with Gasteiger partial charge >= 0.3 is 0 Å². The van der Waals surface area contributed by atoms with Crippen molar-refractivity contribution in [1.29, 1.82) is 0 Å². The van der Waals surface area contributed by atoms with Crippen molar-refractivity contribution in [2.75, 3.05) is 19.6 Å². The number of piperazine rings is 1. The molecule has 1 saturated heterocycles. The van der Waals surface area contributed by atoms with E-state index in [1.807, 2.05) is 0 Å². The minimum absolute atomic E-state index is 0.184. The van der Waals surface area contributed by atoms with Gasteiger partial charge in [0.05, 0.1) is 0 Å². The average Bonchev–Trinajstić information content (AvgIpc) is 2.36. The Bertz CT molecular complexity index is 399. The molecule has 1 heterocycles. The van der Waals surface area contributed by atoms with Crippen molar-refractivity contribution in [2.45, 2.75) is 25.9 Å². The Balaban J connectivity index is 1.88. The number of rotatable bonds is 3. The Hall–Kier alpha value is -1.19. The summed E-state index contributed by atoms with van der Waals surface area (Å²) in [5.41, 5.74) is 1.05. The number of nitrogens with zero attached hydrogens (tertiary/aromatic N) is 1. The molecule has 98 valence electrons. The third-order valence-corrected chi connectivity index (χ3v) is 3.41. The number of halogens is 1. The van der Waals surface area contributed by atoms with Gasteiger partial charge in [-0.1, -0.05) is 24.3 Å². The summed E-state index contributed by atoms with van der Waals surface area (Å²) in [5, 5.41) is 3.47. The lowest BCUT2D eigenvalue weighted by Gasteiger charge is -2.36. The zero-order valence-electron chi connectivity index (χ0n) is 11.1. The first-order valence-electron chi connectivity index (χ1n) is 6.54. The molecule has 1 fully saturated rings. The largest absolute Gasteiger partial charge is 0.311 e. The maximum absolute atomic E-state index is 12.8. The van der Waals surface area contributed by atoms with Crippen LogP contribution in [0.2, 0.25) is 0 Å². The van der Waals surface area contributed by atoms with Crippen molar-refractivity contribution in [1.82, 2.24) is 10.2 Å². The normalized spacial score (nSPS) is 25.7. The van der Waals surface area contributed by atoms with Crippen molar-refractivity contribution >= 4 is 6.08 Å². The summed E-state index contributed by atoms with van der Waals surface area (Å²) in [7, 11) is 0. The summed E-state index contributed by atoms with van der Waals surface area (Å²) in [4.78, 5) is 2.46. The van der Waals surface area contributed by atoms with Gasteiger partial charge in [0.2, 0.25) is 0 Å². The van der Waals surface area contributed by atoms with E-state index in [2.05, 4.69) is 36.2 Å². The molecule has 0 bridgehead atoms. The minimum Gasteiger partial charge on any atom is -0.311 e. The summed E-state index contributed by atoms with van der Waals surface area (Å²) in [6.07, 6.45) is 4.21. The van der Waals surface area contributed by atoms with Gasteiger partial charge in [-0.25, -0.2) is 4.39 Å². The summed E-state index contributed by atoms with van der Waals surface area (Å²) in [5.74, 6) is -0.184. The Morgan fingerprint density at radius 1 is 1.33 bits per heavy atom. The molecule has 0 aromatic heterocycles. The highest BCUT2D eigenvalue weighted by atomic mass is 19.1. The second kappa shape index (κ2) is 6.12. The lowest BCUT2D eigenvalue weighted by atomic mass is 10.1. The third kappa shape index (κ3) is 3.65. The van der Waals surface area contributed by atoms with E-state index in [0.717, 1.165) is 25.2 Å². The molecular formula is C15H21FN2. The monoisotopic (exact) mass is 248 g/mol. The zero-order chi connectivity index (χ0) is 13.0. The first kappa shape index (κ1) is 13.2. The first-order valence-corrected chi connectivity index (χ1v) is 6.54. The van der Waals surface area contributed by atoms with Crippen molar-refractivity contribution in [3.63, 3.8) is 0 Å². The summed E-state index contributed by atoms with van der Waals surface area (Å²) < 4.78 is 12.8. The van der Waals surface area contributed by atoms with Gasteiger partial charge in [0.1, 0.15) is 5.82 Å². The van der Waals surface area contributed by atoms with Crippen LogP contribution in [0, 0.1) is 5.82 Å². The van der Waals surface area contributed by atoms with Gasteiger partial charge in [0.25, 0.3) is 0 Å². The predicted molar refractivity (Wildman–Crippen MR) is 73.9 cm³/mol. The van der Waals surface area contributed by atoms with E-state index in [0.29, 0.717) is 12.1 Å². The molecule has 1 aromatic carbocycles. The Labute approximate surface area is 108 Å². The van der Waals surface area contributed by atoms with E-state index in [4.69, 9.17) is 0 Å².